The SMILES string of the molecule is CC1(C)CC(=O)c2cc(C(=O)Nc3ccc(Cl)cn3)c(=O)n(-c3ccccc3)c2C1. The lowest BCUT2D eigenvalue weighted by molar-refractivity contribution is 0.0909. The first-order valence-electron chi connectivity index (χ1n) is 9.56. The molecule has 0 saturated heterocycles. The topological polar surface area (TPSA) is 81.1 Å². The van der Waals surface area contributed by atoms with Crippen molar-refractivity contribution in [2.75, 3.05) is 5.32 Å². The minimum Gasteiger partial charge on any atom is -0.306 e. The number of para-hydroxylation sites is 1. The zero-order valence-corrected chi connectivity index (χ0v) is 17.4. The number of halogens is 1. The van der Waals surface area contributed by atoms with Crippen LogP contribution in [0.4, 0.5) is 5.82 Å². The molecule has 1 aliphatic carbocycles. The highest BCUT2D eigenvalue weighted by Crippen LogP contribution is 2.35. The van der Waals surface area contributed by atoms with Gasteiger partial charge in [-0.1, -0.05) is 43.6 Å². The predicted octanol–water partition coefficient (Wildman–Crippen LogP) is 4.29. The number of carbonyl (C=O) groups is 2. The highest BCUT2D eigenvalue weighted by molar-refractivity contribution is 6.30. The molecule has 0 spiro atoms. The lowest BCUT2D eigenvalue weighted by atomic mass is 9.75. The number of amides is 1. The van der Waals surface area contributed by atoms with Crippen molar-refractivity contribution >= 4 is 29.1 Å². The maximum atomic E-state index is 13.4. The minimum absolute atomic E-state index is 0.0791. The number of aromatic nitrogens is 2. The maximum Gasteiger partial charge on any atom is 0.268 e. The maximum absolute atomic E-state index is 13.4. The highest BCUT2D eigenvalue weighted by atomic mass is 35.5. The second kappa shape index (κ2) is 7.54. The number of benzene rings is 1. The number of anilines is 1. The van der Waals surface area contributed by atoms with Gasteiger partial charge < -0.3 is 5.32 Å². The van der Waals surface area contributed by atoms with Gasteiger partial charge in [0.25, 0.3) is 11.5 Å². The van der Waals surface area contributed by atoms with Crippen LogP contribution in [0.3, 0.4) is 0 Å². The zero-order valence-electron chi connectivity index (χ0n) is 16.6. The van der Waals surface area contributed by atoms with E-state index in [9.17, 15) is 14.4 Å². The van der Waals surface area contributed by atoms with Crippen molar-refractivity contribution in [2.24, 2.45) is 5.41 Å². The van der Waals surface area contributed by atoms with Crippen molar-refractivity contribution in [1.29, 1.82) is 0 Å². The third-order valence-electron chi connectivity index (χ3n) is 5.12. The van der Waals surface area contributed by atoms with E-state index in [1.165, 1.54) is 16.8 Å². The number of carbonyl (C=O) groups excluding carboxylic acids is 2. The molecule has 1 aliphatic rings. The van der Waals surface area contributed by atoms with E-state index >= 15 is 0 Å². The van der Waals surface area contributed by atoms with Crippen LogP contribution < -0.4 is 10.9 Å². The second-order valence-electron chi connectivity index (χ2n) is 8.15. The van der Waals surface area contributed by atoms with Crippen LogP contribution in [0.25, 0.3) is 5.69 Å². The normalized spacial score (nSPS) is 14.8. The van der Waals surface area contributed by atoms with Crippen LogP contribution in [0.15, 0.2) is 59.5 Å². The Kier molecular flexibility index (Phi) is 5.03. The Labute approximate surface area is 178 Å². The average Bonchev–Trinajstić information content (AvgIpc) is 2.69. The molecular formula is C23H20ClN3O3. The van der Waals surface area contributed by atoms with Gasteiger partial charge in [-0.2, -0.15) is 0 Å². The van der Waals surface area contributed by atoms with Gasteiger partial charge in [-0.15, -0.1) is 0 Å². The number of ketones is 1. The van der Waals surface area contributed by atoms with E-state index in [0.29, 0.717) is 34.8 Å². The molecule has 1 aromatic carbocycles. The number of fused-ring (bicyclic) bond motifs is 1. The summed E-state index contributed by atoms with van der Waals surface area (Å²) in [7, 11) is 0. The average molecular weight is 422 g/mol. The van der Waals surface area contributed by atoms with Gasteiger partial charge in [-0.25, -0.2) is 4.98 Å². The molecule has 0 atom stereocenters. The summed E-state index contributed by atoms with van der Waals surface area (Å²) in [5.74, 6) is -0.440. The van der Waals surface area contributed by atoms with Gasteiger partial charge in [-0.05, 0) is 42.2 Å². The summed E-state index contributed by atoms with van der Waals surface area (Å²) in [5, 5.41) is 3.04. The van der Waals surface area contributed by atoms with Crippen molar-refractivity contribution in [2.45, 2.75) is 26.7 Å². The summed E-state index contributed by atoms with van der Waals surface area (Å²) < 4.78 is 1.48. The van der Waals surface area contributed by atoms with Gasteiger partial charge in [0.2, 0.25) is 0 Å². The number of nitrogens with zero attached hydrogens (tertiary/aromatic N) is 2. The van der Waals surface area contributed by atoms with E-state index in [1.54, 1.807) is 24.3 Å². The molecule has 1 amide bonds. The Hall–Kier alpha value is -3.25. The number of nitrogens with one attached hydrogen (secondary N) is 1. The molecule has 0 aliphatic heterocycles. The van der Waals surface area contributed by atoms with Gasteiger partial charge in [0.1, 0.15) is 11.4 Å². The fourth-order valence-electron chi connectivity index (χ4n) is 3.76. The standard InChI is InChI=1S/C23H20ClN3O3/c1-23(2)11-18-16(19(28)12-23)10-17(21(29)26-20-9-8-14(24)13-25-20)22(30)27(18)15-6-4-3-5-7-15/h3-10,13H,11-12H2,1-2H3,(H,25,26,29). The molecule has 3 aromatic rings. The van der Waals surface area contributed by atoms with Crippen molar-refractivity contribution in [1.82, 2.24) is 9.55 Å². The Morgan fingerprint density at radius 1 is 1.10 bits per heavy atom. The van der Waals surface area contributed by atoms with Crippen molar-refractivity contribution in [3.63, 3.8) is 0 Å². The molecule has 1 N–H and O–H groups in total. The number of rotatable bonds is 3. The monoisotopic (exact) mass is 421 g/mol. The summed E-state index contributed by atoms with van der Waals surface area (Å²) in [6.45, 7) is 4.00. The molecule has 2 heterocycles. The number of Topliss-reactive ketones (excluding diaryl/α,β-unsaturated/α-hetero) is 1. The van der Waals surface area contributed by atoms with E-state index in [0.717, 1.165) is 0 Å². The van der Waals surface area contributed by atoms with Crippen LogP contribution in [-0.2, 0) is 6.42 Å². The minimum atomic E-state index is -0.625. The van der Waals surface area contributed by atoms with Crippen LogP contribution in [0.5, 0.6) is 0 Å². The largest absolute Gasteiger partial charge is 0.306 e. The highest BCUT2D eigenvalue weighted by Gasteiger charge is 2.35. The zero-order chi connectivity index (χ0) is 21.5. The first-order valence-corrected chi connectivity index (χ1v) is 9.93. The first kappa shape index (κ1) is 20.0. The van der Waals surface area contributed by atoms with Crippen molar-refractivity contribution in [3.05, 3.63) is 86.9 Å². The van der Waals surface area contributed by atoms with Gasteiger partial charge >= 0.3 is 0 Å². The van der Waals surface area contributed by atoms with Crippen LogP contribution in [0.2, 0.25) is 5.02 Å². The molecule has 30 heavy (non-hydrogen) atoms. The lowest BCUT2D eigenvalue weighted by Crippen LogP contribution is -2.37. The molecule has 0 saturated carbocycles. The molecule has 0 unspecified atom stereocenters. The molecule has 0 bridgehead atoms. The van der Waals surface area contributed by atoms with Gasteiger partial charge in [0, 0.05) is 29.6 Å². The van der Waals surface area contributed by atoms with Gasteiger partial charge in [-0.3, -0.25) is 19.0 Å². The van der Waals surface area contributed by atoms with E-state index in [-0.39, 0.29) is 22.6 Å². The van der Waals surface area contributed by atoms with Crippen LogP contribution in [-0.4, -0.2) is 21.2 Å². The van der Waals surface area contributed by atoms with E-state index < -0.39 is 11.5 Å². The molecule has 0 fully saturated rings. The van der Waals surface area contributed by atoms with Crippen molar-refractivity contribution < 1.29 is 9.59 Å². The Morgan fingerprint density at radius 3 is 2.50 bits per heavy atom. The summed E-state index contributed by atoms with van der Waals surface area (Å²) >= 11 is 5.83. The summed E-state index contributed by atoms with van der Waals surface area (Å²) in [4.78, 5) is 43.2. The van der Waals surface area contributed by atoms with Gasteiger partial charge in [0.15, 0.2) is 5.78 Å². The van der Waals surface area contributed by atoms with E-state index in [4.69, 9.17) is 11.6 Å². The quantitative estimate of drug-likeness (QED) is 0.683. The third kappa shape index (κ3) is 3.78. The summed E-state index contributed by atoms with van der Waals surface area (Å²) in [5.41, 5.74) is 0.799. The smallest absolute Gasteiger partial charge is 0.268 e. The first-order chi connectivity index (χ1) is 14.2. The fraction of sp³-hybridized carbons (Fsp3) is 0.217. The summed E-state index contributed by atoms with van der Waals surface area (Å²) in [6, 6.07) is 13.6. The summed E-state index contributed by atoms with van der Waals surface area (Å²) in [6.07, 6.45) is 2.31. The number of hydrogen-bond acceptors (Lipinski definition) is 4. The van der Waals surface area contributed by atoms with Gasteiger partial charge in [0.05, 0.1) is 5.02 Å². The lowest BCUT2D eigenvalue weighted by Gasteiger charge is -2.32. The van der Waals surface area contributed by atoms with E-state index in [2.05, 4.69) is 10.3 Å². The Bertz CT molecular complexity index is 1200. The van der Waals surface area contributed by atoms with Crippen molar-refractivity contribution in [3.8, 4) is 5.69 Å². The molecule has 152 valence electrons. The predicted molar refractivity (Wildman–Crippen MR) is 116 cm³/mol. The van der Waals surface area contributed by atoms with Crippen LogP contribution >= 0.6 is 11.6 Å². The molecular weight excluding hydrogens is 402 g/mol. The Balaban J connectivity index is 1.88. The van der Waals surface area contributed by atoms with E-state index in [1.807, 2.05) is 32.0 Å². The molecule has 0 radical (unpaired) electrons. The molecule has 4 rings (SSSR count). The molecule has 7 heteroatoms. The van der Waals surface area contributed by atoms with Crippen LogP contribution in [0.1, 0.15) is 46.7 Å². The number of hydrogen-bond donors (Lipinski definition) is 1. The molecule has 2 aromatic heterocycles. The third-order valence-corrected chi connectivity index (χ3v) is 5.34. The Morgan fingerprint density at radius 2 is 1.83 bits per heavy atom. The fourth-order valence-corrected chi connectivity index (χ4v) is 3.87. The number of pyridine rings is 2. The molecule has 6 nitrogen and oxygen atoms in total. The second-order valence-corrected chi connectivity index (χ2v) is 8.59. The van der Waals surface area contributed by atoms with Crippen LogP contribution in [0, 0.1) is 5.41 Å².